The topological polar surface area (TPSA) is 52.6 Å². The zero-order valence-corrected chi connectivity index (χ0v) is 8.83. The van der Waals surface area contributed by atoms with Crippen LogP contribution >= 0.6 is 0 Å². The molecule has 4 nitrogen and oxygen atoms in total. The standard InChI is InChI=1S/C10H16O4/c1-7(9(11)13-3)5-6-8(2)10(12)14-4/h8H,1,5-6H2,2-4H3/t8-/m0/s1. The maximum absolute atomic E-state index is 11.0. The average molecular weight is 200 g/mol. The Labute approximate surface area is 83.9 Å². The Balaban J connectivity index is 3.88. The Hall–Kier alpha value is -1.32. The summed E-state index contributed by atoms with van der Waals surface area (Å²) in [6, 6.07) is 0. The summed E-state index contributed by atoms with van der Waals surface area (Å²) < 4.78 is 9.02. The number of esters is 2. The minimum absolute atomic E-state index is 0.221. The van der Waals surface area contributed by atoms with Gasteiger partial charge < -0.3 is 9.47 Å². The molecule has 0 saturated heterocycles. The third-order valence-electron chi connectivity index (χ3n) is 1.96. The molecule has 0 aromatic carbocycles. The molecule has 0 aromatic heterocycles. The van der Waals surface area contributed by atoms with Gasteiger partial charge in [-0.2, -0.15) is 0 Å². The maximum atomic E-state index is 11.0. The maximum Gasteiger partial charge on any atom is 0.333 e. The number of carbonyl (C=O) groups excluding carboxylic acids is 2. The lowest BCUT2D eigenvalue weighted by Crippen LogP contribution is -2.14. The Morgan fingerprint density at radius 2 is 1.86 bits per heavy atom. The zero-order chi connectivity index (χ0) is 11.1. The minimum atomic E-state index is -0.429. The van der Waals surface area contributed by atoms with Crippen LogP contribution in [-0.4, -0.2) is 26.2 Å². The van der Waals surface area contributed by atoms with E-state index in [9.17, 15) is 9.59 Å². The van der Waals surface area contributed by atoms with E-state index in [0.717, 1.165) is 0 Å². The highest BCUT2D eigenvalue weighted by Crippen LogP contribution is 2.12. The van der Waals surface area contributed by atoms with Crippen molar-refractivity contribution in [3.63, 3.8) is 0 Å². The molecule has 0 radical (unpaired) electrons. The van der Waals surface area contributed by atoms with Crippen molar-refractivity contribution < 1.29 is 19.1 Å². The molecule has 1 atom stereocenters. The van der Waals surface area contributed by atoms with Crippen molar-refractivity contribution in [2.45, 2.75) is 19.8 Å². The fourth-order valence-electron chi connectivity index (χ4n) is 0.956. The predicted octanol–water partition coefficient (Wildman–Crippen LogP) is 1.30. The fourth-order valence-corrected chi connectivity index (χ4v) is 0.956. The second-order valence-electron chi connectivity index (χ2n) is 3.06. The van der Waals surface area contributed by atoms with Crippen LogP contribution < -0.4 is 0 Å². The minimum Gasteiger partial charge on any atom is -0.469 e. The van der Waals surface area contributed by atoms with Gasteiger partial charge in [0, 0.05) is 5.57 Å². The first-order chi connectivity index (χ1) is 6.52. The molecule has 0 amide bonds. The molecule has 0 fully saturated rings. The molecule has 0 heterocycles. The second kappa shape index (κ2) is 6.18. The normalized spacial score (nSPS) is 11.6. The molecule has 0 bridgehead atoms. The van der Waals surface area contributed by atoms with Gasteiger partial charge in [-0.05, 0) is 12.8 Å². The van der Waals surface area contributed by atoms with Crippen molar-refractivity contribution in [2.75, 3.05) is 14.2 Å². The van der Waals surface area contributed by atoms with Crippen LogP contribution in [0.5, 0.6) is 0 Å². The SMILES string of the molecule is C=C(CC[C@H](C)C(=O)OC)C(=O)OC. The summed E-state index contributed by atoms with van der Waals surface area (Å²) in [5.74, 6) is -0.925. The van der Waals surface area contributed by atoms with E-state index in [1.807, 2.05) is 0 Å². The van der Waals surface area contributed by atoms with Gasteiger partial charge in [0.2, 0.25) is 0 Å². The van der Waals surface area contributed by atoms with Gasteiger partial charge in [-0.1, -0.05) is 13.5 Å². The average Bonchev–Trinajstić information content (AvgIpc) is 2.22. The summed E-state index contributed by atoms with van der Waals surface area (Å²) in [5, 5.41) is 0. The second-order valence-corrected chi connectivity index (χ2v) is 3.06. The Morgan fingerprint density at radius 1 is 1.29 bits per heavy atom. The van der Waals surface area contributed by atoms with E-state index < -0.39 is 5.97 Å². The molecule has 0 saturated carbocycles. The molecule has 0 aliphatic heterocycles. The third kappa shape index (κ3) is 4.07. The van der Waals surface area contributed by atoms with Crippen molar-refractivity contribution >= 4 is 11.9 Å². The van der Waals surface area contributed by atoms with Crippen LogP contribution in [0.15, 0.2) is 12.2 Å². The molecule has 0 unspecified atom stereocenters. The van der Waals surface area contributed by atoms with Crippen LogP contribution in [0.25, 0.3) is 0 Å². The van der Waals surface area contributed by atoms with Crippen molar-refractivity contribution in [3.05, 3.63) is 12.2 Å². The van der Waals surface area contributed by atoms with Crippen LogP contribution in [-0.2, 0) is 19.1 Å². The van der Waals surface area contributed by atoms with Gasteiger partial charge in [0.05, 0.1) is 20.1 Å². The lowest BCUT2D eigenvalue weighted by atomic mass is 10.0. The number of carbonyl (C=O) groups is 2. The molecule has 0 aromatic rings. The first-order valence-corrected chi connectivity index (χ1v) is 4.36. The van der Waals surface area contributed by atoms with Gasteiger partial charge in [-0.3, -0.25) is 4.79 Å². The number of hydrogen-bond donors (Lipinski definition) is 0. The Bertz CT molecular complexity index is 232. The highest BCUT2D eigenvalue weighted by atomic mass is 16.5. The molecule has 0 aliphatic carbocycles. The van der Waals surface area contributed by atoms with E-state index >= 15 is 0 Å². The summed E-state index contributed by atoms with van der Waals surface area (Å²) >= 11 is 0. The largest absolute Gasteiger partial charge is 0.469 e. The number of hydrogen-bond acceptors (Lipinski definition) is 4. The Kier molecular flexibility index (Phi) is 5.60. The molecular formula is C10H16O4. The number of rotatable bonds is 5. The number of ether oxygens (including phenoxy) is 2. The molecule has 0 N–H and O–H groups in total. The zero-order valence-electron chi connectivity index (χ0n) is 8.83. The van der Waals surface area contributed by atoms with Crippen molar-refractivity contribution in [2.24, 2.45) is 5.92 Å². The monoisotopic (exact) mass is 200 g/mol. The van der Waals surface area contributed by atoms with E-state index in [0.29, 0.717) is 18.4 Å². The molecule has 4 heteroatoms. The van der Waals surface area contributed by atoms with Crippen LogP contribution in [0.2, 0.25) is 0 Å². The van der Waals surface area contributed by atoms with Gasteiger partial charge in [-0.15, -0.1) is 0 Å². The van der Waals surface area contributed by atoms with E-state index in [-0.39, 0.29) is 11.9 Å². The summed E-state index contributed by atoms with van der Waals surface area (Å²) in [6.07, 6.45) is 0.990. The first kappa shape index (κ1) is 12.7. The van der Waals surface area contributed by atoms with Gasteiger partial charge in [0.1, 0.15) is 0 Å². The highest BCUT2D eigenvalue weighted by Gasteiger charge is 2.15. The lowest BCUT2D eigenvalue weighted by Gasteiger charge is -2.08. The Morgan fingerprint density at radius 3 is 2.29 bits per heavy atom. The molecule has 14 heavy (non-hydrogen) atoms. The van der Waals surface area contributed by atoms with Crippen LogP contribution in [0.1, 0.15) is 19.8 Å². The van der Waals surface area contributed by atoms with Gasteiger partial charge >= 0.3 is 11.9 Å². The van der Waals surface area contributed by atoms with E-state index in [1.165, 1.54) is 14.2 Å². The van der Waals surface area contributed by atoms with Crippen LogP contribution in [0.3, 0.4) is 0 Å². The molecular weight excluding hydrogens is 184 g/mol. The molecule has 80 valence electrons. The van der Waals surface area contributed by atoms with Gasteiger partial charge in [0.25, 0.3) is 0 Å². The van der Waals surface area contributed by atoms with Crippen LogP contribution in [0, 0.1) is 5.92 Å². The molecule has 0 spiro atoms. The van der Waals surface area contributed by atoms with Crippen molar-refractivity contribution in [1.29, 1.82) is 0 Å². The quantitative estimate of drug-likeness (QED) is 0.496. The van der Waals surface area contributed by atoms with E-state index in [2.05, 4.69) is 16.1 Å². The summed E-state index contributed by atoms with van der Waals surface area (Å²) in [4.78, 5) is 21.9. The van der Waals surface area contributed by atoms with E-state index in [1.54, 1.807) is 6.92 Å². The highest BCUT2D eigenvalue weighted by molar-refractivity contribution is 5.87. The summed E-state index contributed by atoms with van der Waals surface area (Å²) in [5.41, 5.74) is 0.378. The van der Waals surface area contributed by atoms with Crippen LogP contribution in [0.4, 0.5) is 0 Å². The fraction of sp³-hybridized carbons (Fsp3) is 0.600. The molecule has 0 rings (SSSR count). The number of methoxy groups -OCH3 is 2. The third-order valence-corrected chi connectivity index (χ3v) is 1.96. The van der Waals surface area contributed by atoms with Crippen molar-refractivity contribution in [3.8, 4) is 0 Å². The van der Waals surface area contributed by atoms with E-state index in [4.69, 9.17) is 0 Å². The summed E-state index contributed by atoms with van der Waals surface area (Å²) in [6.45, 7) is 5.30. The lowest BCUT2D eigenvalue weighted by molar-refractivity contribution is -0.145. The van der Waals surface area contributed by atoms with Crippen molar-refractivity contribution in [1.82, 2.24) is 0 Å². The summed E-state index contributed by atoms with van der Waals surface area (Å²) in [7, 11) is 2.64. The molecule has 0 aliphatic rings. The predicted molar refractivity (Wildman–Crippen MR) is 51.6 cm³/mol. The first-order valence-electron chi connectivity index (χ1n) is 4.36. The smallest absolute Gasteiger partial charge is 0.333 e. The van der Waals surface area contributed by atoms with Gasteiger partial charge in [0.15, 0.2) is 0 Å². The van der Waals surface area contributed by atoms with Gasteiger partial charge in [-0.25, -0.2) is 4.79 Å².